The number of nitrogens with one attached hydrogen (secondary N) is 2. The summed E-state index contributed by atoms with van der Waals surface area (Å²) in [6, 6.07) is 2.91. The Bertz CT molecular complexity index is 1240. The molecule has 2 N–H and O–H groups in total. The second-order valence-corrected chi connectivity index (χ2v) is 9.17. The molecule has 2 aromatic rings. The van der Waals surface area contributed by atoms with Gasteiger partial charge in [-0.25, -0.2) is 17.8 Å². The summed E-state index contributed by atoms with van der Waals surface area (Å²) in [7, 11) is -1.34. The summed E-state index contributed by atoms with van der Waals surface area (Å²) < 4.78 is 117. The Morgan fingerprint density at radius 3 is 2.23 bits per heavy atom. The van der Waals surface area contributed by atoms with Gasteiger partial charge in [0.25, 0.3) is 0 Å². The second kappa shape index (κ2) is 10.1. The zero-order valence-electron chi connectivity index (χ0n) is 18.3. The number of alkyl halides is 6. The lowest BCUT2D eigenvalue weighted by Crippen LogP contribution is -2.22. The van der Waals surface area contributed by atoms with Gasteiger partial charge in [0.2, 0.25) is 15.9 Å². The van der Waals surface area contributed by atoms with Crippen molar-refractivity contribution in [3.63, 3.8) is 0 Å². The van der Waals surface area contributed by atoms with Gasteiger partial charge in [-0.2, -0.15) is 26.3 Å². The van der Waals surface area contributed by atoms with Crippen LogP contribution < -0.4 is 14.9 Å². The van der Waals surface area contributed by atoms with Crippen LogP contribution in [0.25, 0.3) is 6.08 Å². The van der Waals surface area contributed by atoms with Crippen molar-refractivity contribution in [1.29, 1.82) is 0 Å². The van der Waals surface area contributed by atoms with Gasteiger partial charge in [-0.1, -0.05) is 0 Å². The van der Waals surface area contributed by atoms with Gasteiger partial charge >= 0.3 is 12.4 Å². The summed E-state index contributed by atoms with van der Waals surface area (Å²) in [5.41, 5.74) is -4.17. The third kappa shape index (κ3) is 7.83. The molecule has 0 aliphatic rings. The van der Waals surface area contributed by atoms with E-state index in [-0.39, 0.29) is 16.9 Å². The van der Waals surface area contributed by atoms with Gasteiger partial charge in [0.05, 0.1) is 17.5 Å². The first kappa shape index (κ1) is 27.9. The molecule has 192 valence electrons. The van der Waals surface area contributed by atoms with E-state index in [1.807, 2.05) is 0 Å². The zero-order chi connectivity index (χ0) is 26.8. The number of rotatable bonds is 7. The molecule has 0 fully saturated rings. The molecule has 0 spiro atoms. The van der Waals surface area contributed by atoms with E-state index >= 15 is 0 Å². The number of halogens is 7. The number of anilines is 2. The lowest BCUT2D eigenvalue weighted by Gasteiger charge is -2.17. The lowest BCUT2D eigenvalue weighted by atomic mass is 10.1. The number of benzene rings is 1. The third-order valence-corrected chi connectivity index (χ3v) is 4.82. The fraction of sp³-hybridized carbons (Fsp3) is 0.300. The van der Waals surface area contributed by atoms with Crippen molar-refractivity contribution in [2.45, 2.75) is 18.9 Å². The van der Waals surface area contributed by atoms with Gasteiger partial charge in [0.15, 0.2) is 0 Å². The van der Waals surface area contributed by atoms with Crippen LogP contribution in [0.15, 0.2) is 30.3 Å². The first-order valence-electron chi connectivity index (χ1n) is 9.47. The van der Waals surface area contributed by atoms with E-state index in [0.717, 1.165) is 24.3 Å². The first-order chi connectivity index (χ1) is 15.9. The van der Waals surface area contributed by atoms with Gasteiger partial charge in [0, 0.05) is 32.3 Å². The molecule has 1 aromatic carbocycles. The highest BCUT2D eigenvalue weighted by Crippen LogP contribution is 2.37. The molecule has 35 heavy (non-hydrogen) atoms. The molecule has 1 heterocycles. The minimum atomic E-state index is -5.11. The number of sulfonamides is 1. The van der Waals surface area contributed by atoms with Crippen LogP contribution in [0.1, 0.15) is 22.4 Å². The summed E-state index contributed by atoms with van der Waals surface area (Å²) in [5.74, 6) is -2.44. The number of amides is 1. The number of aromatic nitrogens is 1. The van der Waals surface area contributed by atoms with Crippen molar-refractivity contribution >= 4 is 33.5 Å². The highest BCUT2D eigenvalue weighted by molar-refractivity contribution is 7.92. The minimum Gasteiger partial charge on any atom is -0.362 e. The van der Waals surface area contributed by atoms with Crippen LogP contribution in [0.5, 0.6) is 0 Å². The predicted octanol–water partition coefficient (Wildman–Crippen LogP) is 4.03. The maximum Gasteiger partial charge on any atom is 0.433 e. The van der Waals surface area contributed by atoms with Crippen molar-refractivity contribution < 1.29 is 43.9 Å². The second-order valence-electron chi connectivity index (χ2n) is 7.42. The van der Waals surface area contributed by atoms with Gasteiger partial charge in [-0.3, -0.25) is 9.52 Å². The average Bonchev–Trinajstić information content (AvgIpc) is 2.69. The fourth-order valence-electron chi connectivity index (χ4n) is 2.80. The van der Waals surface area contributed by atoms with E-state index in [9.17, 15) is 43.9 Å². The predicted molar refractivity (Wildman–Crippen MR) is 114 cm³/mol. The van der Waals surface area contributed by atoms with Crippen LogP contribution in [-0.4, -0.2) is 39.7 Å². The van der Waals surface area contributed by atoms with Crippen molar-refractivity contribution in [3.05, 3.63) is 58.5 Å². The van der Waals surface area contributed by atoms with E-state index in [0.29, 0.717) is 18.4 Å². The minimum absolute atomic E-state index is 0.0882. The quantitative estimate of drug-likeness (QED) is 0.419. The molecule has 0 bridgehead atoms. The summed E-state index contributed by atoms with van der Waals surface area (Å²) in [6.45, 7) is -0.561. The van der Waals surface area contributed by atoms with Crippen molar-refractivity contribution in [2.75, 3.05) is 30.0 Å². The average molecular weight is 528 g/mol. The van der Waals surface area contributed by atoms with Gasteiger partial charge in [-0.15, -0.1) is 0 Å². The topological polar surface area (TPSA) is 91.4 Å². The number of pyridine rings is 1. The maximum absolute atomic E-state index is 14.3. The van der Waals surface area contributed by atoms with E-state index in [4.69, 9.17) is 0 Å². The Labute approximate surface area is 195 Å². The summed E-state index contributed by atoms with van der Waals surface area (Å²) >= 11 is 0. The van der Waals surface area contributed by atoms with Crippen molar-refractivity contribution in [2.24, 2.45) is 0 Å². The number of nitrogens with zero attached hydrogens (tertiary/aromatic N) is 2. The Hall–Kier alpha value is -3.36. The molecule has 0 saturated heterocycles. The third-order valence-electron chi connectivity index (χ3n) is 4.24. The normalized spacial score (nSPS) is 12.6. The smallest absolute Gasteiger partial charge is 0.362 e. The summed E-state index contributed by atoms with van der Waals surface area (Å²) in [6.07, 6.45) is -7.16. The van der Waals surface area contributed by atoms with Gasteiger partial charge < -0.3 is 10.2 Å². The first-order valence-corrected chi connectivity index (χ1v) is 11.4. The molecule has 2 rings (SSSR count). The van der Waals surface area contributed by atoms with Crippen LogP contribution in [0.3, 0.4) is 0 Å². The van der Waals surface area contributed by atoms with E-state index in [1.54, 1.807) is 0 Å². The number of carbonyl (C=O) groups is 1. The molecule has 0 atom stereocenters. The highest BCUT2D eigenvalue weighted by Gasteiger charge is 2.36. The van der Waals surface area contributed by atoms with Crippen LogP contribution in [0, 0.1) is 5.82 Å². The molecule has 0 unspecified atom stereocenters. The monoisotopic (exact) mass is 528 g/mol. The molecule has 15 heteroatoms. The number of hydrogen-bond donors (Lipinski definition) is 2. The zero-order valence-corrected chi connectivity index (χ0v) is 19.2. The Morgan fingerprint density at radius 2 is 1.71 bits per heavy atom. The van der Waals surface area contributed by atoms with Crippen LogP contribution in [0.2, 0.25) is 0 Å². The molecular formula is C20H19F7N4O3S. The summed E-state index contributed by atoms with van der Waals surface area (Å²) in [5, 5.41) is 2.21. The van der Waals surface area contributed by atoms with Crippen molar-refractivity contribution in [1.82, 2.24) is 10.3 Å². The Morgan fingerprint density at radius 1 is 1.09 bits per heavy atom. The standard InChI is InChI=1S/C20H19F7N4O3S/c1-31(2)18-12(4-6-15(29-18)20(25,26)27)5-7-16(32)28-10-11-8-13(19(22,23)24)17(14(21)9-11)30-35(3,33)34/h4-9,30H,10H2,1-3H3,(H,28,32)/b7-5+. The fourth-order valence-corrected chi connectivity index (χ4v) is 3.37. The molecule has 1 amide bonds. The Balaban J connectivity index is 2.24. The Kier molecular flexibility index (Phi) is 8.04. The van der Waals surface area contributed by atoms with Crippen LogP contribution in [-0.2, 0) is 33.7 Å². The maximum atomic E-state index is 14.3. The largest absolute Gasteiger partial charge is 0.433 e. The SMILES string of the molecule is CN(C)c1nc(C(F)(F)F)ccc1/C=C/C(=O)NCc1cc(F)c(NS(C)(=O)=O)c(C(F)(F)F)c1. The van der Waals surface area contributed by atoms with Gasteiger partial charge in [0.1, 0.15) is 17.3 Å². The van der Waals surface area contributed by atoms with Crippen LogP contribution >= 0.6 is 0 Å². The molecule has 0 aliphatic heterocycles. The number of carbonyl (C=O) groups excluding carboxylic acids is 1. The lowest BCUT2D eigenvalue weighted by molar-refractivity contribution is -0.141. The van der Waals surface area contributed by atoms with E-state index in [2.05, 4.69) is 10.3 Å². The molecule has 0 radical (unpaired) electrons. The molecule has 7 nitrogen and oxygen atoms in total. The number of hydrogen-bond acceptors (Lipinski definition) is 5. The highest BCUT2D eigenvalue weighted by atomic mass is 32.2. The molecular weight excluding hydrogens is 509 g/mol. The molecule has 0 aliphatic carbocycles. The molecule has 0 saturated carbocycles. The molecule has 1 aromatic heterocycles. The summed E-state index contributed by atoms with van der Waals surface area (Å²) in [4.78, 5) is 16.9. The van der Waals surface area contributed by atoms with Crippen molar-refractivity contribution in [3.8, 4) is 0 Å². The van der Waals surface area contributed by atoms with Crippen LogP contribution in [0.4, 0.5) is 42.2 Å². The van der Waals surface area contributed by atoms with E-state index < -0.39 is 57.6 Å². The van der Waals surface area contributed by atoms with E-state index in [1.165, 1.54) is 23.7 Å². The van der Waals surface area contributed by atoms with Gasteiger partial charge in [-0.05, 0) is 35.9 Å².